The van der Waals surface area contributed by atoms with Crippen molar-refractivity contribution in [1.82, 2.24) is 9.46 Å². The van der Waals surface area contributed by atoms with E-state index in [4.69, 9.17) is 4.84 Å². The average Bonchev–Trinajstić information content (AvgIpc) is 2.67. The second-order valence-electron chi connectivity index (χ2n) is 12.2. The van der Waals surface area contributed by atoms with Crippen molar-refractivity contribution in [2.24, 2.45) is 22.7 Å². The summed E-state index contributed by atoms with van der Waals surface area (Å²) in [6.45, 7) is 23.3. The Bertz CT molecular complexity index is 1070. The van der Waals surface area contributed by atoms with Crippen LogP contribution in [0.4, 0.5) is 0 Å². The van der Waals surface area contributed by atoms with E-state index in [2.05, 4.69) is 55.4 Å². The van der Waals surface area contributed by atoms with Crippen LogP contribution in [-0.2, 0) is 12.8 Å². The summed E-state index contributed by atoms with van der Waals surface area (Å²) in [6, 6.07) is 6.35. The molecule has 2 unspecified atom stereocenters. The molecule has 198 valence electrons. The van der Waals surface area contributed by atoms with Crippen LogP contribution in [0.3, 0.4) is 0 Å². The van der Waals surface area contributed by atoms with Gasteiger partial charge in [-0.25, -0.2) is 0 Å². The quantitative estimate of drug-likeness (QED) is 0.422. The summed E-state index contributed by atoms with van der Waals surface area (Å²) in [5, 5.41) is 10.3. The largest absolute Gasteiger partial charge is 0.425 e. The molecule has 2 atom stereocenters. The molecule has 35 heavy (non-hydrogen) atoms. The van der Waals surface area contributed by atoms with Crippen molar-refractivity contribution in [1.29, 1.82) is 0 Å². The highest BCUT2D eigenvalue weighted by Crippen LogP contribution is 2.28. The molecular formula is C29H48N2O4. The summed E-state index contributed by atoms with van der Waals surface area (Å²) < 4.78 is 1.96. The monoisotopic (exact) mass is 488 g/mol. The highest BCUT2D eigenvalue weighted by Gasteiger charge is 2.20. The lowest BCUT2D eigenvalue weighted by molar-refractivity contribution is 0.153. The molecule has 0 radical (unpaired) electrons. The average molecular weight is 489 g/mol. The lowest BCUT2D eigenvalue weighted by atomic mass is 9.83. The number of aryl methyl sites for hydroxylation is 1. The molecule has 0 saturated carbocycles. The van der Waals surface area contributed by atoms with E-state index in [1.807, 2.05) is 26.8 Å². The zero-order chi connectivity index (χ0) is 27.1. The number of hydrogen-bond acceptors (Lipinski definition) is 4. The van der Waals surface area contributed by atoms with Crippen LogP contribution in [0.5, 0.6) is 5.75 Å². The van der Waals surface area contributed by atoms with Gasteiger partial charge in [0.15, 0.2) is 5.75 Å². The molecule has 2 aromatic rings. The number of pyridine rings is 2. The van der Waals surface area contributed by atoms with Crippen molar-refractivity contribution < 1.29 is 10.0 Å². The van der Waals surface area contributed by atoms with E-state index in [0.29, 0.717) is 29.2 Å². The Balaban J connectivity index is 0.00000298. The molecule has 0 bridgehead atoms. The first-order valence-corrected chi connectivity index (χ1v) is 12.9. The molecule has 2 heterocycles. The Hall–Kier alpha value is -2.50. The maximum Gasteiger partial charge on any atom is 0.286 e. The number of rotatable bonds is 8. The third kappa shape index (κ3) is 10.3. The second-order valence-corrected chi connectivity index (χ2v) is 12.2. The van der Waals surface area contributed by atoms with Gasteiger partial charge in [0, 0.05) is 12.1 Å². The van der Waals surface area contributed by atoms with Gasteiger partial charge in [-0.05, 0) is 66.9 Å². The molecule has 0 aromatic carbocycles. The van der Waals surface area contributed by atoms with E-state index in [9.17, 15) is 14.8 Å². The van der Waals surface area contributed by atoms with Crippen molar-refractivity contribution in [3.05, 3.63) is 61.9 Å². The molecule has 0 aliphatic heterocycles. The van der Waals surface area contributed by atoms with Gasteiger partial charge in [0.25, 0.3) is 11.1 Å². The molecule has 1 N–H and O–H groups in total. The zero-order valence-corrected chi connectivity index (χ0v) is 23.9. The predicted octanol–water partition coefficient (Wildman–Crippen LogP) is 6.65. The van der Waals surface area contributed by atoms with Crippen LogP contribution in [0.2, 0.25) is 0 Å². The number of nitrogens with zero attached hydrogens (tertiary/aromatic N) is 2. The topological polar surface area (TPSA) is 73.5 Å². The summed E-state index contributed by atoms with van der Waals surface area (Å²) in [7, 11) is 0. The summed E-state index contributed by atoms with van der Waals surface area (Å²) in [6.07, 6.45) is 3.16. The number of hydrogen-bond donors (Lipinski definition) is 1. The second kappa shape index (κ2) is 12.5. The minimum Gasteiger partial charge on any atom is -0.425 e. The minimum atomic E-state index is -0.576. The van der Waals surface area contributed by atoms with Crippen molar-refractivity contribution in [2.45, 2.75) is 102 Å². The van der Waals surface area contributed by atoms with Gasteiger partial charge in [-0.1, -0.05) is 69.2 Å². The van der Waals surface area contributed by atoms with Gasteiger partial charge in [0.1, 0.15) is 0 Å². The molecule has 0 aliphatic carbocycles. The van der Waals surface area contributed by atoms with E-state index in [0.717, 1.165) is 24.1 Å². The smallest absolute Gasteiger partial charge is 0.286 e. The Morgan fingerprint density at radius 1 is 0.800 bits per heavy atom. The van der Waals surface area contributed by atoms with Crippen LogP contribution in [0.15, 0.2) is 33.9 Å². The minimum absolute atomic E-state index is 0.141. The summed E-state index contributed by atoms with van der Waals surface area (Å²) in [4.78, 5) is 31.2. The molecule has 0 spiro atoms. The van der Waals surface area contributed by atoms with Crippen LogP contribution >= 0.6 is 0 Å². The van der Waals surface area contributed by atoms with Crippen molar-refractivity contribution in [2.75, 3.05) is 0 Å². The molecule has 0 amide bonds. The third-order valence-corrected chi connectivity index (χ3v) is 5.50. The highest BCUT2D eigenvalue weighted by atomic mass is 16.7. The Kier molecular flexibility index (Phi) is 10.9. The molecule has 0 fully saturated rings. The molecule has 2 aromatic heterocycles. The van der Waals surface area contributed by atoms with Gasteiger partial charge in [0.05, 0.1) is 17.5 Å². The van der Waals surface area contributed by atoms with Gasteiger partial charge >= 0.3 is 0 Å². The zero-order valence-electron chi connectivity index (χ0n) is 23.9. The first kappa shape index (κ1) is 30.5. The molecule has 6 nitrogen and oxygen atoms in total. The van der Waals surface area contributed by atoms with E-state index in [1.54, 1.807) is 6.07 Å². The summed E-state index contributed by atoms with van der Waals surface area (Å²) in [5.41, 5.74) is 1.59. The van der Waals surface area contributed by atoms with Crippen LogP contribution in [-0.4, -0.2) is 14.7 Å². The fourth-order valence-electron chi connectivity index (χ4n) is 4.85. The van der Waals surface area contributed by atoms with Gasteiger partial charge in [-0.2, -0.15) is 4.73 Å². The predicted molar refractivity (Wildman–Crippen MR) is 145 cm³/mol. The Morgan fingerprint density at radius 3 is 1.77 bits per heavy atom. The van der Waals surface area contributed by atoms with Crippen LogP contribution in [0, 0.1) is 29.6 Å². The van der Waals surface area contributed by atoms with Gasteiger partial charge in [-0.15, -0.1) is 4.73 Å². The molecular weight excluding hydrogens is 440 g/mol. The van der Waals surface area contributed by atoms with Gasteiger partial charge in [-0.3, -0.25) is 9.59 Å². The van der Waals surface area contributed by atoms with Crippen LogP contribution < -0.4 is 16.0 Å². The Labute approximate surface area is 211 Å². The SMILES string of the molecule is CC.Cc1cc(CC(C)CC(C)(C)C)n(Oc2cc(CC(C)CC(C)(C)C)n(O)c(=O)c2)c(=O)c1. The van der Waals surface area contributed by atoms with Crippen molar-refractivity contribution >= 4 is 0 Å². The molecule has 0 saturated heterocycles. The standard InChI is InChI=1S/C27H42N2O4.C2H6/c1-18-10-22(12-20(3)17-27(7,8)9)29(25(31)13-18)33-23-14-21(28(32)24(30)15-23)11-19(2)16-26(4,5)6;1-2/h10,13-15,19-20,32H,11-12,16-17H2,1-9H3;1-2H3. The highest BCUT2D eigenvalue weighted by molar-refractivity contribution is 5.25. The van der Waals surface area contributed by atoms with Gasteiger partial charge in [0.2, 0.25) is 0 Å². The number of aromatic nitrogens is 2. The van der Waals surface area contributed by atoms with Gasteiger partial charge < -0.3 is 10.0 Å². The first-order valence-electron chi connectivity index (χ1n) is 12.9. The molecule has 0 aliphatic rings. The van der Waals surface area contributed by atoms with Crippen LogP contribution in [0.25, 0.3) is 0 Å². The maximum absolute atomic E-state index is 12.8. The lowest BCUT2D eigenvalue weighted by Crippen LogP contribution is -2.30. The summed E-state index contributed by atoms with van der Waals surface area (Å²) >= 11 is 0. The lowest BCUT2D eigenvalue weighted by Gasteiger charge is -2.24. The fourth-order valence-corrected chi connectivity index (χ4v) is 4.85. The van der Waals surface area contributed by atoms with E-state index in [-0.39, 0.29) is 28.1 Å². The molecule has 2 rings (SSSR count). The van der Waals surface area contributed by atoms with E-state index >= 15 is 0 Å². The summed E-state index contributed by atoms with van der Waals surface area (Å²) in [5.74, 6) is 0.855. The fraction of sp³-hybridized carbons (Fsp3) is 0.655. The van der Waals surface area contributed by atoms with E-state index < -0.39 is 5.56 Å². The van der Waals surface area contributed by atoms with E-state index in [1.165, 1.54) is 16.9 Å². The van der Waals surface area contributed by atoms with Crippen LogP contribution in [0.1, 0.15) is 99.0 Å². The molecule has 6 heteroatoms. The normalized spacial score (nSPS) is 13.6. The maximum atomic E-state index is 12.8. The Morgan fingerprint density at radius 2 is 1.29 bits per heavy atom. The third-order valence-electron chi connectivity index (χ3n) is 5.50. The first-order chi connectivity index (χ1) is 16.0. The van der Waals surface area contributed by atoms with Crippen molar-refractivity contribution in [3.8, 4) is 5.75 Å². The van der Waals surface area contributed by atoms with Crippen molar-refractivity contribution in [3.63, 3.8) is 0 Å².